The summed E-state index contributed by atoms with van der Waals surface area (Å²) in [6.07, 6.45) is 3.55. The highest BCUT2D eigenvalue weighted by molar-refractivity contribution is 5.81. The second-order valence-corrected chi connectivity index (χ2v) is 6.84. The van der Waals surface area contributed by atoms with Crippen LogP contribution in [0.3, 0.4) is 0 Å². The number of rotatable bonds is 5. The molecule has 1 saturated carbocycles. The summed E-state index contributed by atoms with van der Waals surface area (Å²) in [6.45, 7) is 0.715. The van der Waals surface area contributed by atoms with Crippen molar-refractivity contribution in [2.24, 2.45) is 11.8 Å². The van der Waals surface area contributed by atoms with Gasteiger partial charge >= 0.3 is 5.97 Å². The van der Waals surface area contributed by atoms with Crippen LogP contribution in [0, 0.1) is 11.8 Å². The number of carbonyl (C=O) groups excluding carboxylic acids is 1. The number of aliphatic carboxylic acids is 1. The molecule has 2 fully saturated rings. The van der Waals surface area contributed by atoms with Crippen molar-refractivity contribution in [2.75, 3.05) is 20.8 Å². The molecule has 1 N–H and O–H groups in total. The first kappa shape index (κ1) is 17.6. The Labute approximate surface area is 147 Å². The minimum atomic E-state index is -0.787. The lowest BCUT2D eigenvalue weighted by Gasteiger charge is -2.29. The molecular weight excluding hydrogens is 322 g/mol. The number of nitrogens with zero attached hydrogens (tertiary/aromatic N) is 1. The quantitative estimate of drug-likeness (QED) is 0.886. The van der Waals surface area contributed by atoms with Gasteiger partial charge in [-0.15, -0.1) is 0 Å². The first-order valence-corrected chi connectivity index (χ1v) is 8.80. The van der Waals surface area contributed by atoms with E-state index in [4.69, 9.17) is 9.47 Å². The molecule has 1 saturated heterocycles. The number of amides is 1. The topological polar surface area (TPSA) is 76.1 Å². The van der Waals surface area contributed by atoms with E-state index in [1.54, 1.807) is 14.2 Å². The average Bonchev–Trinajstić information content (AvgIpc) is 3.30. The van der Waals surface area contributed by atoms with E-state index in [1.807, 2.05) is 23.1 Å². The van der Waals surface area contributed by atoms with Crippen molar-refractivity contribution in [3.8, 4) is 11.5 Å². The zero-order valence-corrected chi connectivity index (χ0v) is 14.7. The second-order valence-electron chi connectivity index (χ2n) is 6.84. The monoisotopic (exact) mass is 347 g/mol. The van der Waals surface area contributed by atoms with Crippen LogP contribution >= 0.6 is 0 Å². The van der Waals surface area contributed by atoms with Gasteiger partial charge in [0.15, 0.2) is 0 Å². The summed E-state index contributed by atoms with van der Waals surface area (Å²) in [5.74, 6) is 0.182. The van der Waals surface area contributed by atoms with Crippen molar-refractivity contribution in [1.29, 1.82) is 0 Å². The van der Waals surface area contributed by atoms with Crippen molar-refractivity contribution >= 4 is 11.9 Å². The molecule has 25 heavy (non-hydrogen) atoms. The Kier molecular flexibility index (Phi) is 5.16. The van der Waals surface area contributed by atoms with Gasteiger partial charge in [0.1, 0.15) is 11.5 Å². The molecule has 1 aliphatic heterocycles. The summed E-state index contributed by atoms with van der Waals surface area (Å²) in [5.41, 5.74) is 0.988. The SMILES string of the molecule is COc1ccc([C@H]2CCCN2C(=O)[C@@H]2CC[C@H](C(=O)O)C2)c(OC)c1. The molecule has 136 valence electrons. The maximum absolute atomic E-state index is 13.0. The maximum atomic E-state index is 13.0. The lowest BCUT2D eigenvalue weighted by molar-refractivity contribution is -0.141. The molecule has 1 amide bonds. The Bertz CT molecular complexity index is 659. The van der Waals surface area contributed by atoms with E-state index >= 15 is 0 Å². The third-order valence-corrected chi connectivity index (χ3v) is 5.47. The first-order valence-electron chi connectivity index (χ1n) is 8.80. The van der Waals surface area contributed by atoms with Gasteiger partial charge in [-0.2, -0.15) is 0 Å². The van der Waals surface area contributed by atoms with E-state index < -0.39 is 5.97 Å². The van der Waals surface area contributed by atoms with Gasteiger partial charge in [0.2, 0.25) is 5.91 Å². The predicted octanol–water partition coefficient (Wildman–Crippen LogP) is 2.87. The molecular formula is C19H25NO5. The fourth-order valence-electron chi connectivity index (χ4n) is 4.11. The number of benzene rings is 1. The number of carboxylic acid groups (broad SMARTS) is 1. The number of methoxy groups -OCH3 is 2. The van der Waals surface area contributed by atoms with Crippen LogP contribution in [0.2, 0.25) is 0 Å². The molecule has 6 heteroatoms. The Balaban J connectivity index is 1.79. The number of carboxylic acids is 1. The molecule has 2 aliphatic rings. The third-order valence-electron chi connectivity index (χ3n) is 5.47. The zero-order chi connectivity index (χ0) is 18.0. The molecule has 1 heterocycles. The number of carbonyl (C=O) groups is 2. The fourth-order valence-corrected chi connectivity index (χ4v) is 4.11. The van der Waals surface area contributed by atoms with Crippen LogP contribution < -0.4 is 9.47 Å². The summed E-state index contributed by atoms with van der Waals surface area (Å²) in [4.78, 5) is 26.1. The Morgan fingerprint density at radius 2 is 1.88 bits per heavy atom. The largest absolute Gasteiger partial charge is 0.497 e. The highest BCUT2D eigenvalue weighted by atomic mass is 16.5. The molecule has 6 nitrogen and oxygen atoms in total. The van der Waals surface area contributed by atoms with Crippen LogP contribution in [0.25, 0.3) is 0 Å². The highest BCUT2D eigenvalue weighted by Gasteiger charge is 2.40. The van der Waals surface area contributed by atoms with Crippen LogP contribution in [0.1, 0.15) is 43.7 Å². The standard InChI is InChI=1S/C19H25NO5/c1-24-14-7-8-15(17(11-14)25-2)16-4-3-9-20(16)18(21)12-5-6-13(10-12)19(22)23/h7-8,11-13,16H,3-6,9-10H2,1-2H3,(H,22,23)/t12-,13+,16-/m1/s1. The molecule has 0 aromatic heterocycles. The summed E-state index contributed by atoms with van der Waals surface area (Å²) < 4.78 is 10.8. The van der Waals surface area contributed by atoms with Crippen LogP contribution in [0.5, 0.6) is 11.5 Å². The van der Waals surface area contributed by atoms with Gasteiger partial charge < -0.3 is 19.5 Å². The zero-order valence-electron chi connectivity index (χ0n) is 14.7. The van der Waals surface area contributed by atoms with E-state index in [0.29, 0.717) is 25.8 Å². The fraction of sp³-hybridized carbons (Fsp3) is 0.579. The second kappa shape index (κ2) is 7.33. The van der Waals surface area contributed by atoms with Crippen LogP contribution in [0.15, 0.2) is 18.2 Å². The van der Waals surface area contributed by atoms with E-state index in [2.05, 4.69) is 0 Å². The van der Waals surface area contributed by atoms with Crippen LogP contribution in [-0.2, 0) is 9.59 Å². The molecule has 3 atom stereocenters. The molecule has 1 aliphatic carbocycles. The van der Waals surface area contributed by atoms with Gasteiger partial charge in [0.25, 0.3) is 0 Å². The van der Waals surface area contributed by atoms with E-state index in [9.17, 15) is 14.7 Å². The van der Waals surface area contributed by atoms with Crippen LogP contribution in [-0.4, -0.2) is 42.6 Å². The third kappa shape index (κ3) is 3.43. The molecule has 0 unspecified atom stereocenters. The summed E-state index contributed by atoms with van der Waals surface area (Å²) >= 11 is 0. The van der Waals surface area contributed by atoms with Gasteiger partial charge in [0.05, 0.1) is 26.2 Å². The highest BCUT2D eigenvalue weighted by Crippen LogP contribution is 2.41. The number of likely N-dealkylation sites (tertiary alicyclic amines) is 1. The van der Waals surface area contributed by atoms with Crippen molar-refractivity contribution in [2.45, 2.75) is 38.1 Å². The Morgan fingerprint density at radius 3 is 2.52 bits per heavy atom. The lowest BCUT2D eigenvalue weighted by atomic mass is 10.00. The van der Waals surface area contributed by atoms with E-state index in [0.717, 1.165) is 29.9 Å². The molecule has 1 aromatic carbocycles. The molecule has 1 aromatic rings. The van der Waals surface area contributed by atoms with E-state index in [1.165, 1.54) is 0 Å². The average molecular weight is 347 g/mol. The molecule has 3 rings (SSSR count). The van der Waals surface area contributed by atoms with Crippen molar-refractivity contribution in [1.82, 2.24) is 4.90 Å². The van der Waals surface area contributed by atoms with Crippen molar-refractivity contribution < 1.29 is 24.2 Å². The Morgan fingerprint density at radius 1 is 1.12 bits per heavy atom. The summed E-state index contributed by atoms with van der Waals surface area (Å²) in [6, 6.07) is 5.67. The minimum Gasteiger partial charge on any atom is -0.497 e. The van der Waals surface area contributed by atoms with Gasteiger partial charge in [-0.05, 0) is 44.2 Å². The van der Waals surface area contributed by atoms with Crippen molar-refractivity contribution in [3.05, 3.63) is 23.8 Å². The Hall–Kier alpha value is -2.24. The lowest BCUT2D eigenvalue weighted by Crippen LogP contribution is -2.35. The smallest absolute Gasteiger partial charge is 0.306 e. The van der Waals surface area contributed by atoms with Gasteiger partial charge in [-0.25, -0.2) is 0 Å². The molecule has 0 radical (unpaired) electrons. The summed E-state index contributed by atoms with van der Waals surface area (Å²) in [7, 11) is 3.23. The van der Waals surface area contributed by atoms with Gasteiger partial charge in [-0.1, -0.05) is 0 Å². The normalized spacial score (nSPS) is 25.8. The number of ether oxygens (including phenoxy) is 2. The first-order chi connectivity index (χ1) is 12.0. The molecule has 0 spiro atoms. The van der Waals surface area contributed by atoms with Gasteiger partial charge in [0, 0.05) is 24.1 Å². The predicted molar refractivity (Wildman–Crippen MR) is 91.7 cm³/mol. The van der Waals surface area contributed by atoms with Gasteiger partial charge in [-0.3, -0.25) is 9.59 Å². The van der Waals surface area contributed by atoms with Crippen molar-refractivity contribution in [3.63, 3.8) is 0 Å². The number of hydrogen-bond acceptors (Lipinski definition) is 4. The van der Waals surface area contributed by atoms with Crippen LogP contribution in [0.4, 0.5) is 0 Å². The number of hydrogen-bond donors (Lipinski definition) is 1. The maximum Gasteiger partial charge on any atom is 0.306 e. The molecule has 0 bridgehead atoms. The summed E-state index contributed by atoms with van der Waals surface area (Å²) in [5, 5.41) is 9.17. The van der Waals surface area contributed by atoms with E-state index in [-0.39, 0.29) is 23.8 Å². The minimum absolute atomic E-state index is 0.0164.